The molecule has 6 heteroatoms. The van der Waals surface area contributed by atoms with Gasteiger partial charge in [-0.15, -0.1) is 0 Å². The molecule has 0 saturated carbocycles. The van der Waals surface area contributed by atoms with E-state index in [4.69, 9.17) is 5.73 Å². The quantitative estimate of drug-likeness (QED) is 0.522. The molecule has 0 unspecified atom stereocenters. The van der Waals surface area contributed by atoms with Crippen LogP contribution in [0.4, 0.5) is 11.4 Å². The zero-order valence-electron chi connectivity index (χ0n) is 11.4. The number of nitro benzene ring substituents is 1. The van der Waals surface area contributed by atoms with Crippen LogP contribution in [0.25, 0.3) is 0 Å². The van der Waals surface area contributed by atoms with Crippen LogP contribution >= 0.6 is 0 Å². The van der Waals surface area contributed by atoms with Crippen molar-refractivity contribution in [1.29, 1.82) is 0 Å². The Morgan fingerprint density at radius 1 is 1.25 bits per heavy atom. The predicted molar refractivity (Wildman–Crippen MR) is 76.0 cm³/mol. The average Bonchev–Trinajstić information content (AvgIpc) is 2.40. The van der Waals surface area contributed by atoms with E-state index in [1.807, 2.05) is 0 Å². The summed E-state index contributed by atoms with van der Waals surface area (Å²) >= 11 is 0. The van der Waals surface area contributed by atoms with Gasteiger partial charge < -0.3 is 10.6 Å². The maximum Gasteiger partial charge on any atom is 0.292 e. The Balaban J connectivity index is 2.13. The van der Waals surface area contributed by atoms with Crippen LogP contribution in [0, 0.1) is 10.1 Å². The Kier molecular flexibility index (Phi) is 4.55. The van der Waals surface area contributed by atoms with Crippen molar-refractivity contribution >= 4 is 17.3 Å². The van der Waals surface area contributed by atoms with Crippen molar-refractivity contribution in [2.45, 2.75) is 38.6 Å². The summed E-state index contributed by atoms with van der Waals surface area (Å²) in [5.41, 5.74) is 6.38. The smallest absolute Gasteiger partial charge is 0.292 e. The molecule has 1 aliphatic heterocycles. The first-order valence-electron chi connectivity index (χ1n) is 6.88. The van der Waals surface area contributed by atoms with Gasteiger partial charge in [-0.3, -0.25) is 14.9 Å². The van der Waals surface area contributed by atoms with Gasteiger partial charge in [0, 0.05) is 25.6 Å². The van der Waals surface area contributed by atoms with Crippen molar-refractivity contribution in [3.8, 4) is 0 Å². The van der Waals surface area contributed by atoms with E-state index >= 15 is 0 Å². The second kappa shape index (κ2) is 6.36. The minimum Gasteiger partial charge on any atom is -0.393 e. The zero-order valence-corrected chi connectivity index (χ0v) is 11.4. The molecule has 108 valence electrons. The molecule has 1 amide bonds. The monoisotopic (exact) mass is 277 g/mol. The molecule has 0 bridgehead atoms. The van der Waals surface area contributed by atoms with Crippen LogP contribution in [0.2, 0.25) is 0 Å². The lowest BCUT2D eigenvalue weighted by Crippen LogP contribution is -2.32. The molecule has 0 aromatic heterocycles. The van der Waals surface area contributed by atoms with Crippen molar-refractivity contribution < 1.29 is 9.72 Å². The predicted octanol–water partition coefficient (Wildman–Crippen LogP) is 2.47. The van der Waals surface area contributed by atoms with Gasteiger partial charge in [-0.1, -0.05) is 18.9 Å². The molecule has 1 saturated heterocycles. The number of carbonyl (C=O) groups is 1. The van der Waals surface area contributed by atoms with Gasteiger partial charge in [0.25, 0.3) is 5.69 Å². The van der Waals surface area contributed by atoms with Gasteiger partial charge in [0.05, 0.1) is 4.92 Å². The highest BCUT2D eigenvalue weighted by atomic mass is 16.6. The first-order chi connectivity index (χ1) is 9.58. The molecular weight excluding hydrogens is 258 g/mol. The lowest BCUT2D eigenvalue weighted by molar-refractivity contribution is -0.384. The van der Waals surface area contributed by atoms with Gasteiger partial charge in [0.1, 0.15) is 5.69 Å². The number of hydrogen-bond acceptors (Lipinski definition) is 4. The Labute approximate surface area is 117 Å². The molecule has 2 rings (SSSR count). The fourth-order valence-corrected chi connectivity index (χ4v) is 2.45. The Morgan fingerprint density at radius 3 is 2.75 bits per heavy atom. The largest absolute Gasteiger partial charge is 0.393 e. The second-order valence-electron chi connectivity index (χ2n) is 5.13. The molecule has 0 spiro atoms. The van der Waals surface area contributed by atoms with Gasteiger partial charge in [0.2, 0.25) is 5.91 Å². The normalized spacial score (nSPS) is 16.6. The fraction of sp³-hybridized carbons (Fsp3) is 0.500. The van der Waals surface area contributed by atoms with E-state index in [2.05, 4.69) is 0 Å². The highest BCUT2D eigenvalue weighted by molar-refractivity contribution is 5.76. The maximum absolute atomic E-state index is 12.0. The molecule has 0 radical (unpaired) electrons. The van der Waals surface area contributed by atoms with Crippen molar-refractivity contribution in [2.24, 2.45) is 0 Å². The van der Waals surface area contributed by atoms with Crippen LogP contribution in [0.15, 0.2) is 18.2 Å². The third-order valence-corrected chi connectivity index (χ3v) is 3.59. The van der Waals surface area contributed by atoms with Crippen LogP contribution in [0.3, 0.4) is 0 Å². The third kappa shape index (κ3) is 3.46. The Bertz CT molecular complexity index is 516. The van der Waals surface area contributed by atoms with Crippen LogP contribution in [0.1, 0.15) is 37.7 Å². The Morgan fingerprint density at radius 2 is 2.00 bits per heavy atom. The lowest BCUT2D eigenvalue weighted by Gasteiger charge is -2.25. The molecule has 0 aliphatic carbocycles. The zero-order chi connectivity index (χ0) is 14.5. The SMILES string of the molecule is Nc1ccc(CN2CCCCCCC2=O)cc1[N+](=O)[O-]. The van der Waals surface area contributed by atoms with Gasteiger partial charge in [0.15, 0.2) is 0 Å². The van der Waals surface area contributed by atoms with Crippen molar-refractivity contribution in [3.63, 3.8) is 0 Å². The number of benzene rings is 1. The van der Waals surface area contributed by atoms with E-state index in [9.17, 15) is 14.9 Å². The number of rotatable bonds is 3. The summed E-state index contributed by atoms with van der Waals surface area (Å²) in [6.07, 6.45) is 4.72. The number of nitro groups is 1. The summed E-state index contributed by atoms with van der Waals surface area (Å²) in [4.78, 5) is 24.2. The van der Waals surface area contributed by atoms with Crippen LogP contribution in [-0.4, -0.2) is 22.3 Å². The van der Waals surface area contributed by atoms with E-state index in [-0.39, 0.29) is 17.3 Å². The minimum atomic E-state index is -0.492. The van der Waals surface area contributed by atoms with Crippen LogP contribution < -0.4 is 5.73 Å². The minimum absolute atomic E-state index is 0.0954. The number of amides is 1. The number of anilines is 1. The van der Waals surface area contributed by atoms with Crippen LogP contribution in [-0.2, 0) is 11.3 Å². The number of carbonyl (C=O) groups excluding carboxylic acids is 1. The summed E-state index contributed by atoms with van der Waals surface area (Å²) < 4.78 is 0. The van der Waals surface area contributed by atoms with Crippen LogP contribution in [0.5, 0.6) is 0 Å². The topological polar surface area (TPSA) is 89.5 Å². The molecule has 1 aromatic rings. The van der Waals surface area contributed by atoms with E-state index in [1.54, 1.807) is 11.0 Å². The van der Waals surface area contributed by atoms with Crippen molar-refractivity contribution in [3.05, 3.63) is 33.9 Å². The first kappa shape index (κ1) is 14.3. The first-order valence-corrected chi connectivity index (χ1v) is 6.88. The van der Waals surface area contributed by atoms with Gasteiger partial charge in [-0.05, 0) is 24.5 Å². The summed E-state index contributed by atoms with van der Waals surface area (Å²) in [5.74, 6) is 0.129. The summed E-state index contributed by atoms with van der Waals surface area (Å²) in [6.45, 7) is 1.14. The molecule has 6 nitrogen and oxygen atoms in total. The molecular formula is C14H19N3O3. The lowest BCUT2D eigenvalue weighted by atomic mass is 10.1. The molecule has 20 heavy (non-hydrogen) atoms. The summed E-state index contributed by atoms with van der Waals surface area (Å²) in [5, 5.41) is 10.9. The second-order valence-corrected chi connectivity index (χ2v) is 5.13. The number of nitrogens with two attached hydrogens (primary N) is 1. The summed E-state index contributed by atoms with van der Waals surface area (Å²) in [7, 11) is 0. The van der Waals surface area contributed by atoms with E-state index < -0.39 is 4.92 Å². The number of likely N-dealkylation sites (tertiary alicyclic amines) is 1. The fourth-order valence-electron chi connectivity index (χ4n) is 2.45. The van der Waals surface area contributed by atoms with E-state index in [0.717, 1.165) is 37.8 Å². The molecule has 1 aromatic carbocycles. The third-order valence-electron chi connectivity index (χ3n) is 3.59. The van der Waals surface area contributed by atoms with E-state index in [1.165, 1.54) is 12.1 Å². The standard InChI is InChI=1S/C14H19N3O3/c15-12-7-6-11(9-13(12)17(19)20)10-16-8-4-2-1-3-5-14(16)18/h6-7,9H,1-5,8,10,15H2. The van der Waals surface area contributed by atoms with Gasteiger partial charge in [-0.2, -0.15) is 0 Å². The number of hydrogen-bond donors (Lipinski definition) is 1. The molecule has 0 atom stereocenters. The van der Waals surface area contributed by atoms with Crippen molar-refractivity contribution in [1.82, 2.24) is 4.90 Å². The van der Waals surface area contributed by atoms with E-state index in [0.29, 0.717) is 13.0 Å². The highest BCUT2D eigenvalue weighted by Crippen LogP contribution is 2.23. The average molecular weight is 277 g/mol. The number of nitrogens with zero attached hydrogens (tertiary/aromatic N) is 2. The number of nitrogen functional groups attached to an aromatic ring is 1. The molecule has 1 heterocycles. The Hall–Kier alpha value is -2.11. The summed E-state index contributed by atoms with van der Waals surface area (Å²) in [6, 6.07) is 4.73. The molecule has 1 fully saturated rings. The molecule has 2 N–H and O–H groups in total. The maximum atomic E-state index is 12.0. The highest BCUT2D eigenvalue weighted by Gasteiger charge is 2.18. The van der Waals surface area contributed by atoms with Gasteiger partial charge >= 0.3 is 0 Å². The van der Waals surface area contributed by atoms with Gasteiger partial charge in [-0.25, -0.2) is 0 Å². The van der Waals surface area contributed by atoms with Crippen molar-refractivity contribution in [2.75, 3.05) is 12.3 Å². The molecule has 1 aliphatic rings.